The number of carbonyl (C=O) groups excluding carboxylic acids is 1. The molecule has 1 saturated carbocycles. The maximum Gasteiger partial charge on any atom is 0.317 e. The maximum atomic E-state index is 12.3. The minimum Gasteiger partial charge on any atom is -0.396 e. The summed E-state index contributed by atoms with van der Waals surface area (Å²) in [6.07, 6.45) is 7.04. The van der Waals surface area contributed by atoms with Crippen molar-refractivity contribution in [1.82, 2.24) is 25.0 Å². The van der Waals surface area contributed by atoms with E-state index >= 15 is 0 Å². The van der Waals surface area contributed by atoms with Crippen molar-refractivity contribution in [2.75, 3.05) is 13.7 Å². The third kappa shape index (κ3) is 4.42. The first-order valence-corrected chi connectivity index (χ1v) is 7.56. The van der Waals surface area contributed by atoms with Gasteiger partial charge in [0.2, 0.25) is 0 Å². The topological polar surface area (TPSA) is 83.3 Å². The Morgan fingerprint density at radius 2 is 2.19 bits per heavy atom. The zero-order valence-electron chi connectivity index (χ0n) is 12.8. The molecule has 0 spiro atoms. The minimum absolute atomic E-state index is 0.00423. The van der Waals surface area contributed by atoms with E-state index in [9.17, 15) is 4.79 Å². The van der Waals surface area contributed by atoms with Gasteiger partial charge >= 0.3 is 6.03 Å². The fraction of sp³-hybridized carbons (Fsp3) is 0.786. The summed E-state index contributed by atoms with van der Waals surface area (Å²) in [4.78, 5) is 17.9. The van der Waals surface area contributed by atoms with Crippen LogP contribution in [0.15, 0.2) is 12.7 Å². The third-order valence-electron chi connectivity index (χ3n) is 4.24. The Hall–Kier alpha value is -1.63. The Kier molecular flexibility index (Phi) is 5.55. The smallest absolute Gasteiger partial charge is 0.317 e. The zero-order valence-corrected chi connectivity index (χ0v) is 12.8. The molecule has 1 heterocycles. The van der Waals surface area contributed by atoms with Crippen LogP contribution in [0.1, 0.15) is 32.6 Å². The van der Waals surface area contributed by atoms with E-state index in [1.54, 1.807) is 15.9 Å². The van der Waals surface area contributed by atoms with Crippen molar-refractivity contribution in [3.8, 4) is 0 Å². The van der Waals surface area contributed by atoms with Crippen molar-refractivity contribution < 1.29 is 9.90 Å². The fourth-order valence-electron chi connectivity index (χ4n) is 2.85. The van der Waals surface area contributed by atoms with Crippen LogP contribution >= 0.6 is 0 Å². The van der Waals surface area contributed by atoms with Gasteiger partial charge in [0.05, 0.1) is 6.54 Å². The monoisotopic (exact) mass is 295 g/mol. The predicted molar refractivity (Wildman–Crippen MR) is 78.6 cm³/mol. The molecule has 0 aromatic carbocycles. The second kappa shape index (κ2) is 7.40. The number of carbonyl (C=O) groups is 1. The molecule has 7 heteroatoms. The molecule has 1 aliphatic carbocycles. The Labute approximate surface area is 125 Å². The van der Waals surface area contributed by atoms with E-state index < -0.39 is 0 Å². The van der Waals surface area contributed by atoms with Crippen molar-refractivity contribution >= 4 is 6.03 Å². The van der Waals surface area contributed by atoms with Crippen LogP contribution in [0.25, 0.3) is 0 Å². The van der Waals surface area contributed by atoms with Crippen molar-refractivity contribution in [2.45, 2.75) is 51.2 Å². The lowest BCUT2D eigenvalue weighted by molar-refractivity contribution is 0.132. The SMILES string of the molecule is CC(Cn1cncn1)NC(=O)N(C)C1CCC(CO)CC1. The zero-order chi connectivity index (χ0) is 15.2. The second-order valence-electron chi connectivity index (χ2n) is 5.94. The van der Waals surface area contributed by atoms with Gasteiger partial charge in [-0.25, -0.2) is 9.78 Å². The van der Waals surface area contributed by atoms with Crippen LogP contribution in [-0.2, 0) is 6.54 Å². The predicted octanol–water partition coefficient (Wildman–Crippen LogP) is 0.859. The average Bonchev–Trinajstić information content (AvgIpc) is 2.99. The molecule has 2 rings (SSSR count). The van der Waals surface area contributed by atoms with Crippen LogP contribution in [0.3, 0.4) is 0 Å². The lowest BCUT2D eigenvalue weighted by Gasteiger charge is -2.34. The highest BCUT2D eigenvalue weighted by molar-refractivity contribution is 5.74. The summed E-state index contributed by atoms with van der Waals surface area (Å²) in [6, 6.07) is 0.219. The van der Waals surface area contributed by atoms with Crippen LogP contribution in [0, 0.1) is 5.92 Å². The number of urea groups is 1. The Morgan fingerprint density at radius 3 is 2.76 bits per heavy atom. The van der Waals surface area contributed by atoms with Gasteiger partial charge in [-0.1, -0.05) is 0 Å². The summed E-state index contributed by atoms with van der Waals surface area (Å²) >= 11 is 0. The summed E-state index contributed by atoms with van der Waals surface area (Å²) < 4.78 is 1.71. The second-order valence-corrected chi connectivity index (χ2v) is 5.94. The van der Waals surface area contributed by atoms with E-state index in [2.05, 4.69) is 15.4 Å². The lowest BCUT2D eigenvalue weighted by Crippen LogP contribution is -2.48. The van der Waals surface area contributed by atoms with Gasteiger partial charge in [-0.05, 0) is 38.5 Å². The lowest BCUT2D eigenvalue weighted by atomic mass is 9.86. The Morgan fingerprint density at radius 1 is 1.48 bits per heavy atom. The average molecular weight is 295 g/mol. The molecule has 0 aliphatic heterocycles. The van der Waals surface area contributed by atoms with E-state index in [1.807, 2.05) is 14.0 Å². The molecular formula is C14H25N5O2. The normalized spacial score (nSPS) is 23.6. The molecule has 1 atom stereocenters. The largest absolute Gasteiger partial charge is 0.396 e. The van der Waals surface area contributed by atoms with Crippen LogP contribution in [0.2, 0.25) is 0 Å². The molecule has 0 bridgehead atoms. The molecule has 21 heavy (non-hydrogen) atoms. The van der Waals surface area contributed by atoms with Crippen molar-refractivity contribution in [2.24, 2.45) is 5.92 Å². The van der Waals surface area contributed by atoms with E-state index in [4.69, 9.17) is 5.11 Å². The summed E-state index contributed by atoms with van der Waals surface area (Å²) in [5.41, 5.74) is 0. The molecule has 1 fully saturated rings. The molecule has 2 N–H and O–H groups in total. The van der Waals surface area contributed by atoms with Crippen LogP contribution in [0.5, 0.6) is 0 Å². The van der Waals surface area contributed by atoms with E-state index in [0.717, 1.165) is 25.7 Å². The summed E-state index contributed by atoms with van der Waals surface area (Å²) in [5.74, 6) is 0.406. The number of hydrogen-bond donors (Lipinski definition) is 2. The van der Waals surface area contributed by atoms with Gasteiger partial charge in [0.1, 0.15) is 12.7 Å². The van der Waals surface area contributed by atoms with Gasteiger partial charge in [-0.2, -0.15) is 5.10 Å². The van der Waals surface area contributed by atoms with Gasteiger partial charge < -0.3 is 15.3 Å². The van der Waals surface area contributed by atoms with Crippen molar-refractivity contribution in [3.05, 3.63) is 12.7 Å². The number of hydrogen-bond acceptors (Lipinski definition) is 4. The molecule has 0 saturated heterocycles. The minimum atomic E-state index is -0.0462. The molecule has 2 amide bonds. The molecule has 0 radical (unpaired) electrons. The van der Waals surface area contributed by atoms with Crippen molar-refractivity contribution in [3.63, 3.8) is 0 Å². The van der Waals surface area contributed by atoms with E-state index in [-0.39, 0.29) is 24.7 Å². The summed E-state index contributed by atoms with van der Waals surface area (Å²) in [7, 11) is 1.85. The quantitative estimate of drug-likeness (QED) is 0.844. The Bertz CT molecular complexity index is 429. The Balaban J connectivity index is 1.77. The number of nitrogens with one attached hydrogen (secondary N) is 1. The van der Waals surface area contributed by atoms with Gasteiger partial charge in [-0.3, -0.25) is 4.68 Å². The van der Waals surface area contributed by atoms with Gasteiger partial charge in [0, 0.05) is 25.7 Å². The first-order chi connectivity index (χ1) is 10.1. The molecule has 1 aromatic rings. The summed E-state index contributed by atoms with van der Waals surface area (Å²) in [6.45, 7) is 2.82. The molecule has 1 aromatic heterocycles. The number of aliphatic hydroxyl groups excluding tert-OH is 1. The maximum absolute atomic E-state index is 12.3. The standard InChI is InChI=1S/C14H25N5O2/c1-11(7-19-10-15-9-16-19)17-14(21)18(2)13-5-3-12(8-20)4-6-13/h9-13,20H,3-8H2,1-2H3,(H,17,21). The molecule has 7 nitrogen and oxygen atoms in total. The van der Waals surface area contributed by atoms with Crippen LogP contribution in [0.4, 0.5) is 4.79 Å². The highest BCUT2D eigenvalue weighted by Crippen LogP contribution is 2.26. The number of amides is 2. The third-order valence-corrected chi connectivity index (χ3v) is 4.24. The first-order valence-electron chi connectivity index (χ1n) is 7.56. The van der Waals surface area contributed by atoms with Crippen LogP contribution in [-0.4, -0.2) is 56.5 Å². The first kappa shape index (κ1) is 15.8. The van der Waals surface area contributed by atoms with Gasteiger partial charge in [0.15, 0.2) is 0 Å². The molecule has 1 aliphatic rings. The molecule has 1 unspecified atom stereocenters. The highest BCUT2D eigenvalue weighted by atomic mass is 16.3. The van der Waals surface area contributed by atoms with Gasteiger partial charge in [0.25, 0.3) is 0 Å². The highest BCUT2D eigenvalue weighted by Gasteiger charge is 2.26. The van der Waals surface area contributed by atoms with Crippen LogP contribution < -0.4 is 5.32 Å². The van der Waals surface area contributed by atoms with Gasteiger partial charge in [-0.15, -0.1) is 0 Å². The summed E-state index contributed by atoms with van der Waals surface area (Å²) in [5, 5.41) is 16.2. The van der Waals surface area contributed by atoms with E-state index in [1.165, 1.54) is 6.33 Å². The number of aliphatic hydroxyl groups is 1. The number of nitrogens with zero attached hydrogens (tertiary/aromatic N) is 4. The van der Waals surface area contributed by atoms with Crippen molar-refractivity contribution in [1.29, 1.82) is 0 Å². The molecule has 118 valence electrons. The van der Waals surface area contributed by atoms with E-state index in [0.29, 0.717) is 12.5 Å². The number of aromatic nitrogens is 3. The number of rotatable bonds is 5. The molecular weight excluding hydrogens is 270 g/mol. The fourth-order valence-corrected chi connectivity index (χ4v) is 2.85.